The van der Waals surface area contributed by atoms with Crippen LogP contribution in [-0.2, 0) is 0 Å². The van der Waals surface area contributed by atoms with Gasteiger partial charge in [0.15, 0.2) is 5.11 Å². The van der Waals surface area contributed by atoms with Crippen LogP contribution in [0.25, 0.3) is 10.1 Å². The molecular weight excluding hydrogens is 435 g/mol. The smallest absolute Gasteiger partial charge is 0.269 e. The third-order valence-electron chi connectivity index (χ3n) is 3.15. The summed E-state index contributed by atoms with van der Waals surface area (Å²) in [5, 5.41) is 6.58. The number of para-hydroxylation sites is 1. The van der Waals surface area contributed by atoms with Crippen LogP contribution < -0.4 is 10.6 Å². The lowest BCUT2D eigenvalue weighted by molar-refractivity contribution is 0.0982. The molecule has 1 amide bonds. The molecule has 0 spiro atoms. The number of benzene rings is 2. The fraction of sp³-hybridized carbons (Fsp3) is 0. The van der Waals surface area contributed by atoms with Gasteiger partial charge in [0.2, 0.25) is 0 Å². The molecule has 1 heterocycles. The van der Waals surface area contributed by atoms with Crippen molar-refractivity contribution < 1.29 is 9.18 Å². The maximum atomic E-state index is 13.3. The molecule has 0 saturated heterocycles. The number of carbonyl (C=O) groups excluding carboxylic acids is 1. The van der Waals surface area contributed by atoms with Gasteiger partial charge in [0.05, 0.1) is 10.7 Å². The van der Waals surface area contributed by atoms with E-state index >= 15 is 0 Å². The van der Waals surface area contributed by atoms with Gasteiger partial charge in [0.25, 0.3) is 5.91 Å². The number of hydrogen-bond donors (Lipinski definition) is 2. The quantitative estimate of drug-likeness (QED) is 0.508. The molecule has 122 valence electrons. The van der Waals surface area contributed by atoms with Crippen molar-refractivity contribution in [2.75, 3.05) is 5.32 Å². The summed E-state index contributed by atoms with van der Waals surface area (Å²) >= 11 is 15.9. The highest BCUT2D eigenvalue weighted by molar-refractivity contribution is 9.10. The minimum atomic E-state index is -0.439. The second kappa shape index (κ2) is 7.14. The van der Waals surface area contributed by atoms with Crippen LogP contribution >= 0.6 is 51.1 Å². The van der Waals surface area contributed by atoms with E-state index in [9.17, 15) is 9.18 Å². The molecule has 0 radical (unpaired) electrons. The Hall–Kier alpha value is -1.54. The summed E-state index contributed by atoms with van der Waals surface area (Å²) in [6.45, 7) is 0. The third kappa shape index (κ3) is 3.59. The van der Waals surface area contributed by atoms with Crippen molar-refractivity contribution in [3.05, 3.63) is 62.7 Å². The van der Waals surface area contributed by atoms with Crippen LogP contribution in [0.3, 0.4) is 0 Å². The molecule has 0 atom stereocenters. The highest BCUT2D eigenvalue weighted by Gasteiger charge is 2.18. The van der Waals surface area contributed by atoms with Crippen LogP contribution in [0.15, 0.2) is 46.9 Å². The van der Waals surface area contributed by atoms with Gasteiger partial charge in [-0.25, -0.2) is 4.39 Å². The van der Waals surface area contributed by atoms with Crippen LogP contribution in [0, 0.1) is 5.82 Å². The molecule has 0 aliphatic carbocycles. The molecule has 3 rings (SSSR count). The molecule has 8 heteroatoms. The number of carbonyl (C=O) groups is 1. The normalized spacial score (nSPS) is 10.6. The molecule has 2 N–H and O–H groups in total. The number of thiocarbonyl (C=S) groups is 1. The zero-order valence-corrected chi connectivity index (χ0v) is 15.9. The molecule has 1 aromatic heterocycles. The first-order valence-corrected chi connectivity index (χ1v) is 9.09. The van der Waals surface area contributed by atoms with Crippen LogP contribution in [-0.4, -0.2) is 11.0 Å². The van der Waals surface area contributed by atoms with Gasteiger partial charge >= 0.3 is 0 Å². The number of rotatable bonds is 2. The van der Waals surface area contributed by atoms with Crippen LogP contribution in [0.2, 0.25) is 5.02 Å². The van der Waals surface area contributed by atoms with Gasteiger partial charge in [-0.2, -0.15) is 0 Å². The van der Waals surface area contributed by atoms with Crippen LogP contribution in [0.1, 0.15) is 9.67 Å². The summed E-state index contributed by atoms with van der Waals surface area (Å²) in [7, 11) is 0. The molecule has 3 aromatic rings. The second-order valence-electron chi connectivity index (χ2n) is 4.77. The predicted octanol–water partition coefficient (Wildman–Crippen LogP) is 5.58. The van der Waals surface area contributed by atoms with E-state index in [1.54, 1.807) is 6.07 Å². The highest BCUT2D eigenvalue weighted by atomic mass is 79.9. The summed E-state index contributed by atoms with van der Waals surface area (Å²) in [6, 6.07) is 11.6. The first-order valence-electron chi connectivity index (χ1n) is 6.70. The summed E-state index contributed by atoms with van der Waals surface area (Å²) in [5.74, 6) is -0.815. The van der Waals surface area contributed by atoms with Crippen molar-refractivity contribution in [2.45, 2.75) is 0 Å². The molecule has 0 unspecified atom stereocenters. The summed E-state index contributed by atoms with van der Waals surface area (Å²) in [4.78, 5) is 12.7. The van der Waals surface area contributed by atoms with Crippen molar-refractivity contribution in [1.82, 2.24) is 5.32 Å². The third-order valence-corrected chi connectivity index (χ3v) is 5.70. The number of hydrogen-bond acceptors (Lipinski definition) is 3. The standard InChI is InChI=1S/C16H9BrClFN2OS2/c17-10-3-1-2-4-11(10)20-16(23)21-15(22)14-13(18)9-6-5-8(19)7-12(9)24-14/h1-7H,(H2,20,21,22,23). The SMILES string of the molecule is O=C(NC(=S)Nc1ccccc1Br)c1sc2cc(F)ccc2c1Cl. The van der Waals surface area contributed by atoms with Gasteiger partial charge in [0.1, 0.15) is 10.7 Å². The minimum absolute atomic E-state index is 0.145. The van der Waals surface area contributed by atoms with Gasteiger partial charge < -0.3 is 5.32 Å². The largest absolute Gasteiger partial charge is 0.331 e. The topological polar surface area (TPSA) is 41.1 Å². The van der Waals surface area contributed by atoms with Crippen molar-refractivity contribution in [2.24, 2.45) is 0 Å². The monoisotopic (exact) mass is 442 g/mol. The van der Waals surface area contributed by atoms with Crippen molar-refractivity contribution in [1.29, 1.82) is 0 Å². The van der Waals surface area contributed by atoms with Gasteiger partial charge in [0, 0.05) is 14.6 Å². The van der Waals surface area contributed by atoms with E-state index in [4.69, 9.17) is 23.8 Å². The Morgan fingerprint density at radius 2 is 2.00 bits per heavy atom. The van der Waals surface area contributed by atoms with E-state index in [2.05, 4.69) is 26.6 Å². The van der Waals surface area contributed by atoms with Crippen molar-refractivity contribution in [3.8, 4) is 0 Å². The molecule has 3 nitrogen and oxygen atoms in total. The fourth-order valence-corrected chi connectivity index (χ4v) is 4.08. The number of halogens is 3. The fourth-order valence-electron chi connectivity index (χ4n) is 2.06. The summed E-state index contributed by atoms with van der Waals surface area (Å²) < 4.78 is 14.7. The number of anilines is 1. The number of nitrogens with one attached hydrogen (secondary N) is 2. The summed E-state index contributed by atoms with van der Waals surface area (Å²) in [6.07, 6.45) is 0. The van der Waals surface area contributed by atoms with Crippen LogP contribution in [0.4, 0.5) is 10.1 Å². The lowest BCUT2D eigenvalue weighted by atomic mass is 10.2. The van der Waals surface area contributed by atoms with E-state index in [1.165, 1.54) is 12.1 Å². The Labute approximate surface area is 159 Å². The molecule has 0 aliphatic heterocycles. The average Bonchev–Trinajstić information content (AvgIpc) is 2.86. The predicted molar refractivity (Wildman–Crippen MR) is 105 cm³/mol. The van der Waals surface area contributed by atoms with E-state index in [1.807, 2.05) is 24.3 Å². The van der Waals surface area contributed by atoms with Gasteiger partial charge in [-0.3, -0.25) is 10.1 Å². The molecule has 2 aromatic carbocycles. The molecule has 24 heavy (non-hydrogen) atoms. The van der Waals surface area contributed by atoms with E-state index < -0.39 is 5.91 Å². The second-order valence-corrected chi connectivity index (χ2v) is 7.47. The minimum Gasteiger partial charge on any atom is -0.331 e. The Kier molecular flexibility index (Phi) is 5.15. The van der Waals surface area contributed by atoms with Crippen molar-refractivity contribution >= 4 is 77.9 Å². The van der Waals surface area contributed by atoms with E-state index in [0.717, 1.165) is 21.5 Å². The lowest BCUT2D eigenvalue weighted by Crippen LogP contribution is -2.33. The first kappa shape index (κ1) is 17.3. The maximum Gasteiger partial charge on any atom is 0.269 e. The van der Waals surface area contributed by atoms with Crippen molar-refractivity contribution in [3.63, 3.8) is 0 Å². The Morgan fingerprint density at radius 3 is 2.75 bits per heavy atom. The zero-order chi connectivity index (χ0) is 17.3. The Morgan fingerprint density at radius 1 is 1.25 bits per heavy atom. The lowest BCUT2D eigenvalue weighted by Gasteiger charge is -2.10. The number of thiophene rings is 1. The van der Waals surface area contributed by atoms with E-state index in [-0.39, 0.29) is 20.8 Å². The molecule has 0 fully saturated rings. The Balaban J connectivity index is 1.79. The average molecular weight is 444 g/mol. The number of fused-ring (bicyclic) bond motifs is 1. The summed E-state index contributed by atoms with van der Waals surface area (Å²) in [5.41, 5.74) is 0.729. The first-order chi connectivity index (χ1) is 11.5. The number of amides is 1. The van der Waals surface area contributed by atoms with Gasteiger partial charge in [-0.05, 0) is 58.5 Å². The van der Waals surface area contributed by atoms with Gasteiger partial charge in [-0.15, -0.1) is 11.3 Å². The molecule has 0 bridgehead atoms. The molecule has 0 saturated carbocycles. The molecule has 0 aliphatic rings. The van der Waals surface area contributed by atoms with Gasteiger partial charge in [-0.1, -0.05) is 23.7 Å². The zero-order valence-electron chi connectivity index (χ0n) is 11.9. The van der Waals surface area contributed by atoms with Crippen LogP contribution in [0.5, 0.6) is 0 Å². The highest BCUT2D eigenvalue weighted by Crippen LogP contribution is 2.35. The molecular formula is C16H9BrClFN2OS2. The Bertz CT molecular complexity index is 960. The maximum absolute atomic E-state index is 13.3. The van der Waals surface area contributed by atoms with E-state index in [0.29, 0.717) is 10.1 Å².